The zero-order valence-electron chi connectivity index (χ0n) is 17.2. The molecule has 1 heterocycles. The average Bonchev–Trinajstić information content (AvgIpc) is 2.65. The first-order valence-corrected chi connectivity index (χ1v) is 9.95. The van der Waals surface area contributed by atoms with Crippen LogP contribution >= 0.6 is 24.0 Å². The standard InChI is InChI=1S/C20H32F3N5.HI/c1-3-24-19(26-12-10-20(21,22)23)25-11-7-13-28-15-14-27(2)16-18(28)17-8-5-4-6-9-17;/h4-6,8-9,18H,3,7,10-16H2,1-2H3,(H2,24,25,26);1H. The van der Waals surface area contributed by atoms with Gasteiger partial charge in [0.15, 0.2) is 5.96 Å². The molecule has 29 heavy (non-hydrogen) atoms. The van der Waals surface area contributed by atoms with Gasteiger partial charge in [0.05, 0.1) is 6.42 Å². The molecule has 1 aromatic carbocycles. The molecule has 1 unspecified atom stereocenters. The second-order valence-electron chi connectivity index (χ2n) is 7.13. The molecule has 1 saturated heterocycles. The first-order valence-electron chi connectivity index (χ1n) is 9.95. The SMILES string of the molecule is CCNC(=NCCCN1CCN(C)CC1c1ccccc1)NCCC(F)(F)F.I. The van der Waals surface area contributed by atoms with Crippen LogP contribution in [0.4, 0.5) is 13.2 Å². The van der Waals surface area contributed by atoms with Gasteiger partial charge in [-0.15, -0.1) is 24.0 Å². The van der Waals surface area contributed by atoms with Gasteiger partial charge < -0.3 is 15.5 Å². The van der Waals surface area contributed by atoms with Crippen molar-refractivity contribution in [3.8, 4) is 0 Å². The lowest BCUT2D eigenvalue weighted by atomic mass is 10.0. The summed E-state index contributed by atoms with van der Waals surface area (Å²) < 4.78 is 36.9. The Morgan fingerprint density at radius 1 is 1.17 bits per heavy atom. The van der Waals surface area contributed by atoms with Crippen LogP contribution in [0.15, 0.2) is 35.3 Å². The van der Waals surface area contributed by atoms with E-state index in [9.17, 15) is 13.2 Å². The van der Waals surface area contributed by atoms with Crippen LogP contribution in [-0.4, -0.2) is 74.8 Å². The van der Waals surface area contributed by atoms with Crippen LogP contribution in [0.5, 0.6) is 0 Å². The Hall–Kier alpha value is -1.07. The number of hydrogen-bond donors (Lipinski definition) is 2. The lowest BCUT2D eigenvalue weighted by Crippen LogP contribution is -2.47. The van der Waals surface area contributed by atoms with E-state index in [0.29, 0.717) is 25.1 Å². The summed E-state index contributed by atoms with van der Waals surface area (Å²) in [5.74, 6) is 0.449. The van der Waals surface area contributed by atoms with Crippen LogP contribution in [0.2, 0.25) is 0 Å². The van der Waals surface area contributed by atoms with E-state index in [-0.39, 0.29) is 30.5 Å². The maximum atomic E-state index is 12.3. The number of aliphatic imine (C=N–C) groups is 1. The lowest BCUT2D eigenvalue weighted by molar-refractivity contribution is -0.132. The van der Waals surface area contributed by atoms with Crippen molar-refractivity contribution in [1.82, 2.24) is 20.4 Å². The molecule has 2 rings (SSSR count). The molecular formula is C20H33F3IN5. The number of halogens is 4. The average molecular weight is 527 g/mol. The van der Waals surface area contributed by atoms with Gasteiger partial charge in [0.25, 0.3) is 0 Å². The Labute approximate surface area is 189 Å². The Kier molecular flexibility index (Phi) is 11.9. The van der Waals surface area contributed by atoms with Crippen LogP contribution in [0.3, 0.4) is 0 Å². The van der Waals surface area contributed by atoms with Crippen molar-refractivity contribution in [2.45, 2.75) is 32.0 Å². The van der Waals surface area contributed by atoms with Crippen molar-refractivity contribution in [2.24, 2.45) is 4.99 Å². The Morgan fingerprint density at radius 3 is 2.55 bits per heavy atom. The number of piperazine rings is 1. The highest BCUT2D eigenvalue weighted by Crippen LogP contribution is 2.24. The van der Waals surface area contributed by atoms with Crippen molar-refractivity contribution in [1.29, 1.82) is 0 Å². The summed E-state index contributed by atoms with van der Waals surface area (Å²) in [7, 11) is 2.15. The largest absolute Gasteiger partial charge is 0.390 e. The lowest BCUT2D eigenvalue weighted by Gasteiger charge is -2.40. The van der Waals surface area contributed by atoms with Gasteiger partial charge in [-0.25, -0.2) is 0 Å². The van der Waals surface area contributed by atoms with E-state index >= 15 is 0 Å². The third kappa shape index (κ3) is 9.99. The van der Waals surface area contributed by atoms with Crippen molar-refractivity contribution in [3.63, 3.8) is 0 Å². The molecule has 1 fully saturated rings. The van der Waals surface area contributed by atoms with Crippen LogP contribution < -0.4 is 10.6 Å². The van der Waals surface area contributed by atoms with Gasteiger partial charge >= 0.3 is 6.18 Å². The van der Waals surface area contributed by atoms with Gasteiger partial charge in [-0.05, 0) is 26.0 Å². The highest BCUT2D eigenvalue weighted by molar-refractivity contribution is 14.0. The Balaban J connectivity index is 0.00000420. The molecule has 1 atom stereocenters. The summed E-state index contributed by atoms with van der Waals surface area (Å²) in [6.07, 6.45) is -4.15. The first kappa shape index (κ1) is 26.0. The molecule has 0 aromatic heterocycles. The number of nitrogens with one attached hydrogen (secondary N) is 2. The normalized spacial score (nSPS) is 18.9. The number of likely N-dealkylation sites (N-methyl/N-ethyl adjacent to an activating group) is 1. The molecule has 0 saturated carbocycles. The molecule has 2 N–H and O–H groups in total. The highest BCUT2D eigenvalue weighted by atomic mass is 127. The number of rotatable bonds is 8. The fourth-order valence-corrected chi connectivity index (χ4v) is 3.35. The summed E-state index contributed by atoms with van der Waals surface area (Å²) >= 11 is 0. The quantitative estimate of drug-likeness (QED) is 0.235. The molecule has 1 aliphatic rings. The van der Waals surface area contributed by atoms with E-state index in [1.807, 2.05) is 13.0 Å². The minimum atomic E-state index is -4.15. The van der Waals surface area contributed by atoms with Crippen LogP contribution in [0, 0.1) is 0 Å². The predicted molar refractivity (Wildman–Crippen MR) is 123 cm³/mol. The van der Waals surface area contributed by atoms with Crippen LogP contribution in [0.25, 0.3) is 0 Å². The zero-order valence-corrected chi connectivity index (χ0v) is 19.5. The monoisotopic (exact) mass is 527 g/mol. The molecule has 5 nitrogen and oxygen atoms in total. The first-order chi connectivity index (χ1) is 13.4. The maximum absolute atomic E-state index is 12.3. The minimum absolute atomic E-state index is 0. The van der Waals surface area contributed by atoms with Gasteiger partial charge in [0.1, 0.15) is 0 Å². The van der Waals surface area contributed by atoms with E-state index in [1.165, 1.54) is 5.56 Å². The summed E-state index contributed by atoms with van der Waals surface area (Å²) in [4.78, 5) is 9.25. The van der Waals surface area contributed by atoms with E-state index in [4.69, 9.17) is 0 Å². The molecule has 9 heteroatoms. The van der Waals surface area contributed by atoms with Gasteiger partial charge in [-0.1, -0.05) is 30.3 Å². The fourth-order valence-electron chi connectivity index (χ4n) is 3.35. The van der Waals surface area contributed by atoms with Gasteiger partial charge in [-0.2, -0.15) is 13.2 Å². The molecule has 0 spiro atoms. The van der Waals surface area contributed by atoms with Gasteiger partial charge in [0.2, 0.25) is 0 Å². The summed E-state index contributed by atoms with van der Waals surface area (Å²) in [6, 6.07) is 10.9. The topological polar surface area (TPSA) is 42.9 Å². The molecule has 1 aromatic rings. The smallest absolute Gasteiger partial charge is 0.357 e. The number of alkyl halides is 3. The van der Waals surface area contributed by atoms with Crippen molar-refractivity contribution >= 4 is 29.9 Å². The van der Waals surface area contributed by atoms with Crippen LogP contribution in [-0.2, 0) is 0 Å². The Morgan fingerprint density at radius 2 is 1.90 bits per heavy atom. The number of hydrogen-bond acceptors (Lipinski definition) is 3. The van der Waals surface area contributed by atoms with Gasteiger partial charge in [-0.3, -0.25) is 9.89 Å². The number of nitrogens with zero attached hydrogens (tertiary/aromatic N) is 3. The fraction of sp³-hybridized carbons (Fsp3) is 0.650. The molecule has 0 aliphatic carbocycles. The Bertz CT molecular complexity index is 598. The molecule has 1 aliphatic heterocycles. The van der Waals surface area contributed by atoms with E-state index in [2.05, 4.69) is 56.7 Å². The maximum Gasteiger partial charge on any atom is 0.390 e. The third-order valence-electron chi connectivity index (χ3n) is 4.80. The van der Waals surface area contributed by atoms with Crippen LogP contribution in [0.1, 0.15) is 31.4 Å². The second-order valence-corrected chi connectivity index (χ2v) is 7.13. The summed E-state index contributed by atoms with van der Waals surface area (Å²) in [6.45, 7) is 6.88. The summed E-state index contributed by atoms with van der Waals surface area (Å²) in [5, 5.41) is 5.75. The number of benzene rings is 1. The molecule has 0 radical (unpaired) electrons. The molecule has 0 bridgehead atoms. The zero-order chi connectivity index (χ0) is 20.4. The van der Waals surface area contributed by atoms with Crippen molar-refractivity contribution in [3.05, 3.63) is 35.9 Å². The third-order valence-corrected chi connectivity index (χ3v) is 4.80. The number of guanidine groups is 1. The van der Waals surface area contributed by atoms with E-state index in [0.717, 1.165) is 32.6 Å². The van der Waals surface area contributed by atoms with E-state index < -0.39 is 12.6 Å². The summed E-state index contributed by atoms with van der Waals surface area (Å²) in [5.41, 5.74) is 1.32. The van der Waals surface area contributed by atoms with E-state index in [1.54, 1.807) is 0 Å². The van der Waals surface area contributed by atoms with Gasteiger partial charge in [0, 0.05) is 51.9 Å². The van der Waals surface area contributed by atoms with Crippen molar-refractivity contribution in [2.75, 3.05) is 52.9 Å². The minimum Gasteiger partial charge on any atom is -0.357 e. The second kappa shape index (κ2) is 13.3. The molecular weight excluding hydrogens is 494 g/mol. The highest BCUT2D eigenvalue weighted by Gasteiger charge is 2.27. The molecule has 0 amide bonds. The predicted octanol–water partition coefficient (Wildman–Crippen LogP) is 3.49. The molecule has 166 valence electrons. The van der Waals surface area contributed by atoms with Crippen molar-refractivity contribution < 1.29 is 13.2 Å².